The number of hydrogen-bond donors (Lipinski definition) is 0. The molecule has 2 aromatic heterocycles. The Morgan fingerprint density at radius 3 is 2.71 bits per heavy atom. The number of allylic oxidation sites excluding steroid dienone is 1. The minimum atomic E-state index is -0.336. The third kappa shape index (κ3) is 3.74. The van der Waals surface area contributed by atoms with Crippen LogP contribution in [0.5, 0.6) is 0 Å². The normalized spacial score (nSPS) is 13.8. The number of pyridine rings is 1. The summed E-state index contributed by atoms with van der Waals surface area (Å²) < 4.78 is 5.70. The molecule has 0 saturated carbocycles. The van der Waals surface area contributed by atoms with Crippen molar-refractivity contribution in [3.63, 3.8) is 0 Å². The van der Waals surface area contributed by atoms with Gasteiger partial charge in [0.15, 0.2) is 0 Å². The van der Waals surface area contributed by atoms with Crippen LogP contribution in [0.3, 0.4) is 0 Å². The van der Waals surface area contributed by atoms with Gasteiger partial charge in [0.25, 0.3) is 0 Å². The zero-order valence-electron chi connectivity index (χ0n) is 16.7. The summed E-state index contributed by atoms with van der Waals surface area (Å²) in [5.41, 5.74) is 5.86. The molecule has 2 heterocycles. The average Bonchev–Trinajstić information content (AvgIpc) is 3.47. The van der Waals surface area contributed by atoms with Gasteiger partial charge < -0.3 is 4.74 Å². The van der Waals surface area contributed by atoms with Crippen molar-refractivity contribution in [1.82, 2.24) is 4.98 Å². The van der Waals surface area contributed by atoms with Crippen LogP contribution in [-0.2, 0) is 17.8 Å². The summed E-state index contributed by atoms with van der Waals surface area (Å²) in [5, 5.41) is 11.8. The number of benzene rings is 2. The van der Waals surface area contributed by atoms with Crippen molar-refractivity contribution in [2.24, 2.45) is 0 Å². The number of carbonyl (C=O) groups is 1. The number of esters is 1. The van der Waals surface area contributed by atoms with Crippen LogP contribution >= 0.6 is 11.3 Å². The number of carbonyl (C=O) groups excluding carboxylic acids is 1. The fraction of sp³-hybridized carbons (Fsp3) is 0.115. The van der Waals surface area contributed by atoms with Gasteiger partial charge in [-0.2, -0.15) is 5.26 Å². The van der Waals surface area contributed by atoms with Gasteiger partial charge in [0, 0.05) is 10.3 Å². The average molecular weight is 423 g/mol. The van der Waals surface area contributed by atoms with Crippen LogP contribution in [0.2, 0.25) is 0 Å². The molecule has 1 aliphatic rings. The Balaban J connectivity index is 1.52. The highest BCUT2D eigenvalue weighted by Gasteiger charge is 2.27. The van der Waals surface area contributed by atoms with Gasteiger partial charge in [-0.25, -0.2) is 9.78 Å². The summed E-state index contributed by atoms with van der Waals surface area (Å²) >= 11 is 1.69. The van der Waals surface area contributed by atoms with Gasteiger partial charge in [0.05, 0.1) is 28.4 Å². The first-order chi connectivity index (χ1) is 15.2. The molecular weight excluding hydrogens is 404 g/mol. The van der Waals surface area contributed by atoms with Gasteiger partial charge in [0.2, 0.25) is 0 Å². The van der Waals surface area contributed by atoms with Gasteiger partial charge in [0.1, 0.15) is 6.61 Å². The zero-order valence-corrected chi connectivity index (χ0v) is 17.5. The first kappa shape index (κ1) is 19.2. The van der Waals surface area contributed by atoms with E-state index < -0.39 is 0 Å². The maximum absolute atomic E-state index is 13.2. The molecule has 0 aliphatic heterocycles. The van der Waals surface area contributed by atoms with Crippen molar-refractivity contribution in [3.8, 4) is 6.07 Å². The highest BCUT2D eigenvalue weighted by Crippen LogP contribution is 2.38. The van der Waals surface area contributed by atoms with Gasteiger partial charge in [-0.1, -0.05) is 36.4 Å². The van der Waals surface area contributed by atoms with E-state index in [-0.39, 0.29) is 12.6 Å². The maximum atomic E-state index is 13.2. The van der Waals surface area contributed by atoms with Gasteiger partial charge in [-0.05, 0) is 65.3 Å². The molecule has 150 valence electrons. The molecule has 0 fully saturated rings. The first-order valence-corrected chi connectivity index (χ1v) is 10.9. The van der Waals surface area contributed by atoms with E-state index in [2.05, 4.69) is 23.6 Å². The van der Waals surface area contributed by atoms with E-state index in [4.69, 9.17) is 15.0 Å². The van der Waals surface area contributed by atoms with Crippen molar-refractivity contribution >= 4 is 39.9 Å². The number of aromatic nitrogens is 1. The molecule has 2 aromatic carbocycles. The molecule has 5 heteroatoms. The Kier molecular flexibility index (Phi) is 5.07. The van der Waals surface area contributed by atoms with Crippen LogP contribution in [0.4, 0.5) is 0 Å². The molecule has 0 N–H and O–H groups in total. The Bertz CT molecular complexity index is 1350. The Morgan fingerprint density at radius 2 is 1.94 bits per heavy atom. The predicted octanol–water partition coefficient (Wildman–Crippen LogP) is 6.01. The van der Waals surface area contributed by atoms with Crippen LogP contribution in [0.25, 0.3) is 22.6 Å². The summed E-state index contributed by atoms with van der Waals surface area (Å²) in [6.07, 6.45) is 3.79. The molecule has 31 heavy (non-hydrogen) atoms. The van der Waals surface area contributed by atoms with Crippen molar-refractivity contribution < 1.29 is 9.53 Å². The van der Waals surface area contributed by atoms with Gasteiger partial charge in [-0.15, -0.1) is 11.3 Å². The molecule has 0 spiro atoms. The quantitative estimate of drug-likeness (QED) is 0.378. The molecule has 1 aliphatic carbocycles. The molecular formula is C26H18N2O2S. The van der Waals surface area contributed by atoms with E-state index in [1.165, 1.54) is 4.88 Å². The van der Waals surface area contributed by atoms with E-state index in [1.807, 2.05) is 42.5 Å². The molecule has 0 radical (unpaired) electrons. The second-order valence-corrected chi connectivity index (χ2v) is 8.38. The SMILES string of the molecule is N#Cc1ccc(COC(=O)c2c3c(nc4ccccc24)C(=Cc2cccs2)CC3)cc1. The summed E-state index contributed by atoms with van der Waals surface area (Å²) in [4.78, 5) is 19.3. The van der Waals surface area contributed by atoms with E-state index in [0.29, 0.717) is 11.1 Å². The second-order valence-electron chi connectivity index (χ2n) is 7.40. The van der Waals surface area contributed by atoms with E-state index in [9.17, 15) is 4.79 Å². The fourth-order valence-corrected chi connectivity index (χ4v) is 4.64. The molecule has 4 aromatic rings. The maximum Gasteiger partial charge on any atom is 0.339 e. The lowest BCUT2D eigenvalue weighted by Gasteiger charge is -2.12. The number of nitrogens with zero attached hydrogens (tertiary/aromatic N) is 2. The van der Waals surface area contributed by atoms with Gasteiger partial charge >= 0.3 is 5.97 Å². The second kappa shape index (κ2) is 8.17. The smallest absolute Gasteiger partial charge is 0.339 e. The van der Waals surface area contributed by atoms with E-state index >= 15 is 0 Å². The van der Waals surface area contributed by atoms with Crippen LogP contribution in [0.15, 0.2) is 66.0 Å². The van der Waals surface area contributed by atoms with Crippen molar-refractivity contribution in [2.45, 2.75) is 19.4 Å². The summed E-state index contributed by atoms with van der Waals surface area (Å²) in [7, 11) is 0. The van der Waals surface area contributed by atoms with Crippen molar-refractivity contribution in [2.75, 3.05) is 0 Å². The standard InChI is InChI=1S/C26H18N2O2S/c27-15-17-7-9-18(10-8-17)16-30-26(29)24-21-5-1-2-6-23(21)28-25-19(11-12-22(24)25)14-20-4-3-13-31-20/h1-10,13-14H,11-12,16H2. The molecule has 0 saturated heterocycles. The number of fused-ring (bicyclic) bond motifs is 2. The predicted molar refractivity (Wildman–Crippen MR) is 123 cm³/mol. The monoisotopic (exact) mass is 422 g/mol. The zero-order chi connectivity index (χ0) is 21.2. The first-order valence-electron chi connectivity index (χ1n) is 10.0. The summed E-state index contributed by atoms with van der Waals surface area (Å²) in [5.74, 6) is -0.336. The number of nitriles is 1. The van der Waals surface area contributed by atoms with Crippen molar-refractivity contribution in [1.29, 1.82) is 5.26 Å². The van der Waals surface area contributed by atoms with E-state index in [1.54, 1.807) is 23.5 Å². The molecule has 5 rings (SSSR count). The molecule has 4 nitrogen and oxygen atoms in total. The molecule has 0 atom stereocenters. The summed E-state index contributed by atoms with van der Waals surface area (Å²) in [6, 6.07) is 21.0. The Hall–Kier alpha value is -3.75. The lowest BCUT2D eigenvalue weighted by molar-refractivity contribution is 0.0474. The Labute approximate surface area is 184 Å². The number of hydrogen-bond acceptors (Lipinski definition) is 5. The highest BCUT2D eigenvalue weighted by molar-refractivity contribution is 7.10. The van der Waals surface area contributed by atoms with Gasteiger partial charge in [-0.3, -0.25) is 0 Å². The fourth-order valence-electron chi connectivity index (χ4n) is 3.95. The molecule has 0 bridgehead atoms. The summed E-state index contributed by atoms with van der Waals surface area (Å²) in [6.45, 7) is 0.161. The highest BCUT2D eigenvalue weighted by atomic mass is 32.1. The van der Waals surface area contributed by atoms with Crippen LogP contribution in [0, 0.1) is 11.3 Å². The molecule has 0 amide bonds. The Morgan fingerprint density at radius 1 is 1.10 bits per heavy atom. The topological polar surface area (TPSA) is 63.0 Å². The van der Waals surface area contributed by atoms with Crippen LogP contribution < -0.4 is 0 Å². The number of para-hydroxylation sites is 1. The minimum absolute atomic E-state index is 0.161. The molecule has 0 unspecified atom stereocenters. The lowest BCUT2D eigenvalue weighted by Crippen LogP contribution is -2.10. The number of rotatable bonds is 4. The van der Waals surface area contributed by atoms with E-state index in [0.717, 1.165) is 46.1 Å². The third-order valence-corrected chi connectivity index (χ3v) is 6.28. The van der Waals surface area contributed by atoms with Crippen molar-refractivity contribution in [3.05, 3.63) is 98.9 Å². The number of thiophene rings is 1. The minimum Gasteiger partial charge on any atom is -0.457 e. The largest absolute Gasteiger partial charge is 0.457 e. The van der Waals surface area contributed by atoms with Crippen LogP contribution in [-0.4, -0.2) is 11.0 Å². The van der Waals surface area contributed by atoms with Crippen LogP contribution in [0.1, 0.15) is 44.0 Å². The third-order valence-electron chi connectivity index (χ3n) is 5.46. The number of ether oxygens (including phenoxy) is 1. The lowest BCUT2D eigenvalue weighted by atomic mass is 10.0.